The number of rotatable bonds is 5. The minimum absolute atomic E-state index is 0.0663. The van der Waals surface area contributed by atoms with Crippen molar-refractivity contribution in [1.82, 2.24) is 14.8 Å². The minimum atomic E-state index is -0.647. The molecule has 7 heteroatoms. The zero-order valence-corrected chi connectivity index (χ0v) is 17.3. The Bertz CT molecular complexity index is 1030. The van der Waals surface area contributed by atoms with Crippen molar-refractivity contribution in [2.24, 2.45) is 0 Å². The van der Waals surface area contributed by atoms with E-state index >= 15 is 0 Å². The van der Waals surface area contributed by atoms with E-state index in [1.165, 1.54) is 0 Å². The molecule has 2 aromatic heterocycles. The molecule has 0 amide bonds. The first kappa shape index (κ1) is 20.5. The van der Waals surface area contributed by atoms with Crippen LogP contribution in [-0.2, 0) is 14.3 Å². The molecule has 7 nitrogen and oxygen atoms in total. The fourth-order valence-corrected chi connectivity index (χ4v) is 2.89. The van der Waals surface area contributed by atoms with E-state index in [1.54, 1.807) is 37.7 Å². The summed E-state index contributed by atoms with van der Waals surface area (Å²) >= 11 is 0. The van der Waals surface area contributed by atoms with Crippen LogP contribution in [0, 0.1) is 0 Å². The lowest BCUT2D eigenvalue weighted by atomic mass is 10.1. The average Bonchev–Trinajstić information content (AvgIpc) is 3.09. The van der Waals surface area contributed by atoms with Crippen LogP contribution in [0.5, 0.6) is 0 Å². The Kier molecular flexibility index (Phi) is 5.68. The molecule has 3 rings (SSSR count). The van der Waals surface area contributed by atoms with Crippen LogP contribution in [-0.4, -0.2) is 38.9 Å². The number of hydrogen-bond acceptors (Lipinski definition) is 6. The van der Waals surface area contributed by atoms with Gasteiger partial charge in [-0.25, -0.2) is 19.3 Å². The number of aromatic nitrogens is 3. The summed E-state index contributed by atoms with van der Waals surface area (Å²) in [6.45, 7) is 8.79. The number of carbonyl (C=O) groups excluding carboxylic acids is 2. The summed E-state index contributed by atoms with van der Waals surface area (Å²) in [5, 5.41) is 4.95. The molecule has 0 fully saturated rings. The van der Waals surface area contributed by atoms with Crippen LogP contribution in [0.2, 0.25) is 0 Å². The smallest absolute Gasteiger partial charge is 0.344 e. The second-order valence-corrected chi connectivity index (χ2v) is 8.00. The van der Waals surface area contributed by atoms with Crippen molar-refractivity contribution in [1.29, 1.82) is 0 Å². The lowest BCUT2D eigenvalue weighted by Crippen LogP contribution is -2.27. The Morgan fingerprint density at radius 1 is 1.14 bits per heavy atom. The first-order chi connectivity index (χ1) is 13.7. The highest BCUT2D eigenvalue weighted by Gasteiger charge is 2.22. The van der Waals surface area contributed by atoms with Crippen LogP contribution in [0.25, 0.3) is 22.3 Å². The first-order valence-electron chi connectivity index (χ1n) is 9.48. The maximum atomic E-state index is 12.8. The second-order valence-electron chi connectivity index (χ2n) is 8.00. The van der Waals surface area contributed by atoms with E-state index in [1.807, 2.05) is 44.2 Å². The summed E-state index contributed by atoms with van der Waals surface area (Å²) in [5.41, 5.74) is 1.75. The molecule has 152 valence electrons. The lowest BCUT2D eigenvalue weighted by Gasteiger charge is -2.19. The van der Waals surface area contributed by atoms with Crippen molar-refractivity contribution in [3.05, 3.63) is 48.2 Å². The van der Waals surface area contributed by atoms with Gasteiger partial charge >= 0.3 is 11.9 Å². The molecule has 0 unspecified atom stereocenters. The van der Waals surface area contributed by atoms with E-state index in [4.69, 9.17) is 14.5 Å². The van der Waals surface area contributed by atoms with Crippen molar-refractivity contribution < 1.29 is 19.1 Å². The molecular formula is C22H25N3O4. The third kappa shape index (κ3) is 4.80. The molecule has 0 saturated heterocycles. The summed E-state index contributed by atoms with van der Waals surface area (Å²) in [4.78, 5) is 29.4. The highest BCUT2D eigenvalue weighted by Crippen LogP contribution is 2.26. The Morgan fingerprint density at radius 3 is 2.45 bits per heavy atom. The maximum Gasteiger partial charge on any atom is 0.344 e. The zero-order valence-electron chi connectivity index (χ0n) is 17.3. The number of nitrogens with zero attached hydrogens (tertiary/aromatic N) is 3. The van der Waals surface area contributed by atoms with Gasteiger partial charge in [-0.05, 0) is 40.7 Å². The fraction of sp³-hybridized carbons (Fsp3) is 0.364. The molecule has 1 aromatic carbocycles. The monoisotopic (exact) mass is 395 g/mol. The molecule has 2 heterocycles. The molecule has 0 aliphatic carbocycles. The normalized spacial score (nSPS) is 11.7. The topological polar surface area (TPSA) is 83.3 Å². The van der Waals surface area contributed by atoms with Crippen molar-refractivity contribution in [2.45, 2.75) is 46.3 Å². The molecule has 0 bridgehead atoms. The molecule has 0 atom stereocenters. The van der Waals surface area contributed by atoms with Crippen LogP contribution in [0.15, 0.2) is 42.6 Å². The van der Waals surface area contributed by atoms with Gasteiger partial charge in [0.15, 0.2) is 12.3 Å². The fourth-order valence-electron chi connectivity index (χ4n) is 2.89. The van der Waals surface area contributed by atoms with Crippen LogP contribution in [0.1, 0.15) is 51.0 Å². The molecule has 3 aromatic rings. The maximum absolute atomic E-state index is 12.8. The average molecular weight is 395 g/mol. The van der Waals surface area contributed by atoms with Gasteiger partial charge < -0.3 is 9.47 Å². The summed E-state index contributed by atoms with van der Waals surface area (Å²) in [5.74, 6) is -1.22. The highest BCUT2D eigenvalue weighted by atomic mass is 16.6. The molecular weight excluding hydrogens is 370 g/mol. The number of carbonyl (C=O) groups is 2. The number of esters is 2. The van der Waals surface area contributed by atoms with E-state index < -0.39 is 24.1 Å². The van der Waals surface area contributed by atoms with Gasteiger partial charge in [0.25, 0.3) is 0 Å². The summed E-state index contributed by atoms with van der Waals surface area (Å²) in [7, 11) is 0. The number of pyridine rings is 1. The Hall–Kier alpha value is -3.22. The van der Waals surface area contributed by atoms with E-state index in [2.05, 4.69) is 5.10 Å². The van der Waals surface area contributed by atoms with Gasteiger partial charge in [0.05, 0.1) is 22.8 Å². The number of ether oxygens (including phenoxy) is 2. The predicted octanol–water partition coefficient (Wildman–Crippen LogP) is 4.18. The predicted molar refractivity (Wildman–Crippen MR) is 109 cm³/mol. The van der Waals surface area contributed by atoms with E-state index in [0.29, 0.717) is 22.3 Å². The van der Waals surface area contributed by atoms with Crippen molar-refractivity contribution in [3.8, 4) is 11.3 Å². The van der Waals surface area contributed by atoms with Crippen LogP contribution in [0.3, 0.4) is 0 Å². The number of benzene rings is 1. The molecule has 0 spiro atoms. The van der Waals surface area contributed by atoms with E-state index in [0.717, 1.165) is 5.56 Å². The van der Waals surface area contributed by atoms with E-state index in [-0.39, 0.29) is 6.04 Å². The summed E-state index contributed by atoms with van der Waals surface area (Å²) in [6.07, 6.45) is 1.60. The number of fused-ring (bicyclic) bond motifs is 1. The third-order valence-corrected chi connectivity index (χ3v) is 4.09. The molecule has 0 radical (unpaired) electrons. The molecule has 0 N–H and O–H groups in total. The molecule has 29 heavy (non-hydrogen) atoms. The van der Waals surface area contributed by atoms with Gasteiger partial charge in [0.2, 0.25) is 0 Å². The first-order valence-corrected chi connectivity index (χ1v) is 9.48. The minimum Gasteiger partial charge on any atom is -0.457 e. The highest BCUT2D eigenvalue weighted by molar-refractivity contribution is 6.04. The van der Waals surface area contributed by atoms with Gasteiger partial charge in [0, 0.05) is 11.6 Å². The van der Waals surface area contributed by atoms with Gasteiger partial charge in [-0.15, -0.1) is 0 Å². The zero-order chi connectivity index (χ0) is 21.2. The SMILES string of the molecule is CC(C)n1ncc2c(C(=O)OCC(=O)OC(C)(C)C)cc(-c3ccccc3)nc21. The van der Waals surface area contributed by atoms with Crippen molar-refractivity contribution >= 4 is 23.0 Å². The summed E-state index contributed by atoms with van der Waals surface area (Å²) < 4.78 is 12.2. The Morgan fingerprint density at radius 2 is 1.83 bits per heavy atom. The van der Waals surface area contributed by atoms with Crippen LogP contribution >= 0.6 is 0 Å². The van der Waals surface area contributed by atoms with Gasteiger partial charge in [-0.1, -0.05) is 30.3 Å². The number of hydrogen-bond donors (Lipinski definition) is 0. The van der Waals surface area contributed by atoms with Crippen LogP contribution in [0.4, 0.5) is 0 Å². The molecule has 0 aliphatic rings. The van der Waals surface area contributed by atoms with Gasteiger partial charge in [-0.3, -0.25) is 0 Å². The van der Waals surface area contributed by atoms with Crippen LogP contribution < -0.4 is 0 Å². The Balaban J connectivity index is 1.97. The van der Waals surface area contributed by atoms with Crippen molar-refractivity contribution in [2.75, 3.05) is 6.61 Å². The third-order valence-electron chi connectivity index (χ3n) is 4.09. The van der Waals surface area contributed by atoms with Crippen molar-refractivity contribution in [3.63, 3.8) is 0 Å². The van der Waals surface area contributed by atoms with E-state index in [9.17, 15) is 9.59 Å². The quantitative estimate of drug-likeness (QED) is 0.603. The van der Waals surface area contributed by atoms with Gasteiger partial charge in [-0.2, -0.15) is 5.10 Å². The standard InChI is InChI=1S/C22H25N3O4/c1-14(2)25-20-17(12-23-25)16(11-18(24-20)15-9-7-6-8-10-15)21(27)28-13-19(26)29-22(3,4)5/h6-12,14H,13H2,1-5H3. The second kappa shape index (κ2) is 8.03. The largest absolute Gasteiger partial charge is 0.457 e. The Labute approximate surface area is 169 Å². The van der Waals surface area contributed by atoms with Gasteiger partial charge in [0.1, 0.15) is 5.60 Å². The summed E-state index contributed by atoms with van der Waals surface area (Å²) in [6, 6.07) is 11.3. The molecule has 0 saturated carbocycles. The molecule has 0 aliphatic heterocycles. The lowest BCUT2D eigenvalue weighted by molar-refractivity contribution is -0.158.